The minimum absolute atomic E-state index is 0.136. The van der Waals surface area contributed by atoms with E-state index in [1.165, 1.54) is 0 Å². The van der Waals surface area contributed by atoms with Crippen LogP contribution in [0.4, 0.5) is 0 Å². The van der Waals surface area contributed by atoms with E-state index in [2.05, 4.69) is 0 Å². The molecule has 1 aliphatic heterocycles. The van der Waals surface area contributed by atoms with Gasteiger partial charge in [-0.1, -0.05) is 12.1 Å². The summed E-state index contributed by atoms with van der Waals surface area (Å²) >= 11 is 0. The van der Waals surface area contributed by atoms with Crippen LogP contribution in [0.1, 0.15) is 0 Å². The van der Waals surface area contributed by atoms with Crippen molar-refractivity contribution in [1.82, 2.24) is 9.55 Å². The van der Waals surface area contributed by atoms with Gasteiger partial charge in [-0.15, -0.1) is 0 Å². The minimum atomic E-state index is -0.136. The molecule has 5 rings (SSSR count). The second-order valence-corrected chi connectivity index (χ2v) is 6.36. The summed E-state index contributed by atoms with van der Waals surface area (Å²) in [6.07, 6.45) is 0. The summed E-state index contributed by atoms with van der Waals surface area (Å²) in [6.45, 7) is 0.190. The minimum Gasteiger partial charge on any atom is -0.497 e. The van der Waals surface area contributed by atoms with Crippen LogP contribution in [-0.2, 0) is 0 Å². The first-order valence-electron chi connectivity index (χ1n) is 8.81. The Labute approximate surface area is 160 Å². The zero-order chi connectivity index (χ0) is 19.1. The van der Waals surface area contributed by atoms with Crippen molar-refractivity contribution in [2.75, 3.05) is 13.9 Å². The lowest BCUT2D eigenvalue weighted by Crippen LogP contribution is -2.21. The van der Waals surface area contributed by atoms with E-state index in [1.807, 2.05) is 60.7 Å². The van der Waals surface area contributed by atoms with Gasteiger partial charge in [0.2, 0.25) is 6.79 Å². The number of rotatable bonds is 3. The number of hydrogen-bond donors (Lipinski definition) is 0. The van der Waals surface area contributed by atoms with E-state index in [9.17, 15) is 4.79 Å². The van der Waals surface area contributed by atoms with Gasteiger partial charge in [0, 0.05) is 5.56 Å². The average Bonchev–Trinajstić information content (AvgIpc) is 3.22. The molecule has 0 bridgehead atoms. The van der Waals surface area contributed by atoms with E-state index in [4.69, 9.17) is 19.2 Å². The Bertz CT molecular complexity index is 1250. The van der Waals surface area contributed by atoms with E-state index >= 15 is 0 Å². The van der Waals surface area contributed by atoms with Crippen LogP contribution in [0, 0.1) is 0 Å². The quantitative estimate of drug-likeness (QED) is 0.548. The largest absolute Gasteiger partial charge is 0.497 e. The van der Waals surface area contributed by atoms with Crippen molar-refractivity contribution < 1.29 is 14.2 Å². The standard InChI is InChI=1S/C22H16N2O4/c1-26-16-9-7-15(8-10-16)24-21(14-6-11-19-20(12-14)28-13-27-19)23-18-5-3-2-4-17(18)22(24)25/h2-12H,13H2,1H3. The fourth-order valence-electron chi connectivity index (χ4n) is 3.33. The molecule has 28 heavy (non-hydrogen) atoms. The maximum absolute atomic E-state index is 13.3. The van der Waals surface area contributed by atoms with Gasteiger partial charge in [-0.2, -0.15) is 0 Å². The monoisotopic (exact) mass is 372 g/mol. The first-order valence-corrected chi connectivity index (χ1v) is 8.81. The van der Waals surface area contributed by atoms with E-state index in [-0.39, 0.29) is 12.4 Å². The molecule has 1 aliphatic rings. The summed E-state index contributed by atoms with van der Waals surface area (Å²) in [7, 11) is 1.61. The van der Waals surface area contributed by atoms with E-state index in [0.29, 0.717) is 33.9 Å². The number of para-hydroxylation sites is 1. The van der Waals surface area contributed by atoms with Crippen LogP contribution < -0.4 is 19.8 Å². The number of hydrogen-bond acceptors (Lipinski definition) is 5. The summed E-state index contributed by atoms with van der Waals surface area (Å²) < 4.78 is 17.7. The van der Waals surface area contributed by atoms with Crippen molar-refractivity contribution in [2.24, 2.45) is 0 Å². The molecule has 0 saturated carbocycles. The summed E-state index contributed by atoms with van der Waals surface area (Å²) in [6, 6.07) is 20.2. The van der Waals surface area contributed by atoms with Crippen LogP contribution in [-0.4, -0.2) is 23.5 Å². The summed E-state index contributed by atoms with van der Waals surface area (Å²) in [5.41, 5.74) is 1.98. The first-order chi connectivity index (χ1) is 13.7. The van der Waals surface area contributed by atoms with Gasteiger partial charge in [-0.3, -0.25) is 9.36 Å². The van der Waals surface area contributed by atoms with Crippen molar-refractivity contribution >= 4 is 10.9 Å². The van der Waals surface area contributed by atoms with Gasteiger partial charge in [0.1, 0.15) is 11.6 Å². The molecule has 0 saturated heterocycles. The highest BCUT2D eigenvalue weighted by Gasteiger charge is 2.18. The van der Waals surface area contributed by atoms with Gasteiger partial charge in [-0.25, -0.2) is 4.98 Å². The third kappa shape index (κ3) is 2.58. The van der Waals surface area contributed by atoms with Crippen LogP contribution in [0.5, 0.6) is 17.2 Å². The maximum Gasteiger partial charge on any atom is 0.266 e. The molecule has 0 N–H and O–H groups in total. The molecule has 0 amide bonds. The average molecular weight is 372 g/mol. The Morgan fingerprint density at radius 3 is 2.57 bits per heavy atom. The molecule has 0 aliphatic carbocycles. The summed E-state index contributed by atoms with van der Waals surface area (Å²) in [4.78, 5) is 18.1. The molecule has 2 heterocycles. The highest BCUT2D eigenvalue weighted by atomic mass is 16.7. The second kappa shape index (κ2) is 6.42. The Kier molecular flexibility index (Phi) is 3.76. The Morgan fingerprint density at radius 2 is 1.75 bits per heavy atom. The molecule has 0 spiro atoms. The number of benzene rings is 3. The molecular formula is C22H16N2O4. The molecule has 4 aromatic rings. The third-order valence-electron chi connectivity index (χ3n) is 4.74. The van der Waals surface area contributed by atoms with Crippen molar-refractivity contribution in [3.8, 4) is 34.3 Å². The molecule has 6 heteroatoms. The van der Waals surface area contributed by atoms with Crippen molar-refractivity contribution in [2.45, 2.75) is 0 Å². The first kappa shape index (κ1) is 16.4. The predicted molar refractivity (Wildman–Crippen MR) is 105 cm³/mol. The molecule has 3 aromatic carbocycles. The molecule has 0 atom stereocenters. The molecule has 138 valence electrons. The van der Waals surface area contributed by atoms with Crippen LogP contribution >= 0.6 is 0 Å². The van der Waals surface area contributed by atoms with Gasteiger partial charge < -0.3 is 14.2 Å². The van der Waals surface area contributed by atoms with E-state index in [1.54, 1.807) is 17.7 Å². The SMILES string of the molecule is COc1ccc(-n2c(-c3ccc4c(c3)OCO4)nc3ccccc3c2=O)cc1. The normalized spacial score (nSPS) is 12.3. The molecule has 0 unspecified atom stereocenters. The van der Waals surface area contributed by atoms with Gasteiger partial charge in [-0.05, 0) is 54.6 Å². The third-order valence-corrected chi connectivity index (χ3v) is 4.74. The number of aromatic nitrogens is 2. The second-order valence-electron chi connectivity index (χ2n) is 6.36. The molecule has 6 nitrogen and oxygen atoms in total. The highest BCUT2D eigenvalue weighted by molar-refractivity contribution is 5.80. The van der Waals surface area contributed by atoms with Crippen LogP contribution in [0.25, 0.3) is 28.0 Å². The Hall–Kier alpha value is -3.80. The van der Waals surface area contributed by atoms with E-state index < -0.39 is 0 Å². The fraction of sp³-hybridized carbons (Fsp3) is 0.0909. The maximum atomic E-state index is 13.3. The fourth-order valence-corrected chi connectivity index (χ4v) is 3.33. The van der Waals surface area contributed by atoms with Gasteiger partial charge >= 0.3 is 0 Å². The zero-order valence-corrected chi connectivity index (χ0v) is 15.1. The number of ether oxygens (including phenoxy) is 3. The van der Waals surface area contributed by atoms with Crippen molar-refractivity contribution in [1.29, 1.82) is 0 Å². The lowest BCUT2D eigenvalue weighted by molar-refractivity contribution is 0.174. The predicted octanol–water partition coefficient (Wildman–Crippen LogP) is 3.79. The van der Waals surface area contributed by atoms with Crippen molar-refractivity contribution in [3.05, 3.63) is 77.1 Å². The highest BCUT2D eigenvalue weighted by Crippen LogP contribution is 2.36. The Balaban J connectivity index is 1.80. The summed E-state index contributed by atoms with van der Waals surface area (Å²) in [5.74, 6) is 2.58. The van der Waals surface area contributed by atoms with Crippen LogP contribution in [0.3, 0.4) is 0 Å². The smallest absolute Gasteiger partial charge is 0.266 e. The van der Waals surface area contributed by atoms with Gasteiger partial charge in [0.15, 0.2) is 11.5 Å². The zero-order valence-electron chi connectivity index (χ0n) is 15.1. The molecule has 1 aromatic heterocycles. The Morgan fingerprint density at radius 1 is 0.964 bits per heavy atom. The lowest BCUT2D eigenvalue weighted by Gasteiger charge is -2.14. The molecule has 0 radical (unpaired) electrons. The lowest BCUT2D eigenvalue weighted by atomic mass is 10.1. The molecule has 0 fully saturated rings. The van der Waals surface area contributed by atoms with Crippen LogP contribution in [0.2, 0.25) is 0 Å². The number of methoxy groups -OCH3 is 1. The molecular weight excluding hydrogens is 356 g/mol. The number of fused-ring (bicyclic) bond motifs is 2. The topological polar surface area (TPSA) is 62.6 Å². The van der Waals surface area contributed by atoms with Crippen LogP contribution in [0.15, 0.2) is 71.5 Å². The van der Waals surface area contributed by atoms with Gasteiger partial charge in [0.05, 0.1) is 23.7 Å². The van der Waals surface area contributed by atoms with Crippen molar-refractivity contribution in [3.63, 3.8) is 0 Å². The number of nitrogens with zero attached hydrogens (tertiary/aromatic N) is 2. The van der Waals surface area contributed by atoms with Gasteiger partial charge in [0.25, 0.3) is 5.56 Å². The van der Waals surface area contributed by atoms with E-state index in [0.717, 1.165) is 11.3 Å². The summed E-state index contributed by atoms with van der Waals surface area (Å²) in [5, 5.41) is 0.558.